The Labute approximate surface area is 110 Å². The third-order valence-electron chi connectivity index (χ3n) is 2.68. The first kappa shape index (κ1) is 12.5. The van der Waals surface area contributed by atoms with Crippen molar-refractivity contribution in [2.45, 2.75) is 12.5 Å². The third-order valence-corrected chi connectivity index (χ3v) is 3.42. The van der Waals surface area contributed by atoms with E-state index in [9.17, 15) is 4.79 Å². The van der Waals surface area contributed by atoms with Crippen LogP contribution in [0.1, 0.15) is 6.42 Å². The highest BCUT2D eigenvalue weighted by atomic mass is 35.5. The van der Waals surface area contributed by atoms with Gasteiger partial charge in [0.05, 0.1) is 10.0 Å². The maximum absolute atomic E-state index is 11.8. The first-order valence-electron chi connectivity index (χ1n) is 5.33. The maximum atomic E-state index is 11.8. The molecule has 0 saturated carbocycles. The van der Waals surface area contributed by atoms with Gasteiger partial charge in [0.1, 0.15) is 0 Å². The van der Waals surface area contributed by atoms with E-state index in [1.165, 1.54) is 0 Å². The molecule has 2 rings (SSSR count). The summed E-state index contributed by atoms with van der Waals surface area (Å²) in [6.07, 6.45) is 0.842. The summed E-state index contributed by atoms with van der Waals surface area (Å²) in [4.78, 5) is 13.5. The molecule has 1 aromatic carbocycles. The van der Waals surface area contributed by atoms with Crippen LogP contribution in [0, 0.1) is 0 Å². The van der Waals surface area contributed by atoms with Gasteiger partial charge < -0.3 is 16.0 Å². The molecular weight excluding hydrogens is 261 g/mol. The Morgan fingerprint density at radius 2 is 2.18 bits per heavy atom. The minimum absolute atomic E-state index is 0.0783. The predicted octanol–water partition coefficient (Wildman–Crippen LogP) is 2.56. The van der Waals surface area contributed by atoms with Crippen LogP contribution in [0.2, 0.25) is 10.0 Å². The van der Waals surface area contributed by atoms with Gasteiger partial charge in [0.2, 0.25) is 0 Å². The molecule has 3 N–H and O–H groups in total. The number of carbonyl (C=O) groups is 1. The zero-order valence-corrected chi connectivity index (χ0v) is 10.6. The number of halogens is 2. The minimum Gasteiger partial charge on any atom is -0.326 e. The number of likely N-dealkylation sites (tertiary alicyclic amines) is 1. The van der Waals surface area contributed by atoms with E-state index in [0.717, 1.165) is 6.42 Å². The molecule has 92 valence electrons. The molecule has 1 saturated heterocycles. The van der Waals surface area contributed by atoms with Crippen molar-refractivity contribution in [2.75, 3.05) is 18.4 Å². The van der Waals surface area contributed by atoms with E-state index in [1.807, 2.05) is 0 Å². The van der Waals surface area contributed by atoms with Crippen LogP contribution in [-0.2, 0) is 0 Å². The van der Waals surface area contributed by atoms with Gasteiger partial charge in [-0.3, -0.25) is 0 Å². The zero-order valence-electron chi connectivity index (χ0n) is 9.12. The number of urea groups is 1. The average molecular weight is 274 g/mol. The maximum Gasteiger partial charge on any atom is 0.321 e. The van der Waals surface area contributed by atoms with Gasteiger partial charge in [-0.15, -0.1) is 0 Å². The van der Waals surface area contributed by atoms with E-state index in [-0.39, 0.29) is 12.1 Å². The Morgan fingerprint density at radius 3 is 2.76 bits per heavy atom. The molecule has 4 nitrogen and oxygen atoms in total. The summed E-state index contributed by atoms with van der Waals surface area (Å²) in [5.41, 5.74) is 6.37. The van der Waals surface area contributed by atoms with Gasteiger partial charge in [0, 0.05) is 24.8 Å². The number of amides is 2. The van der Waals surface area contributed by atoms with Crippen molar-refractivity contribution in [3.05, 3.63) is 28.2 Å². The standard InChI is InChI=1S/C11H13Cl2N3O/c12-9-2-1-8(5-10(9)13)15-11(17)16-4-3-7(14)6-16/h1-2,5,7H,3-4,6,14H2,(H,15,17)/t7-/m0/s1. The molecule has 2 amide bonds. The van der Waals surface area contributed by atoms with Crippen LogP contribution in [-0.4, -0.2) is 30.1 Å². The molecular formula is C11H13Cl2N3O. The van der Waals surface area contributed by atoms with E-state index in [2.05, 4.69) is 5.32 Å². The van der Waals surface area contributed by atoms with E-state index in [4.69, 9.17) is 28.9 Å². The first-order chi connectivity index (χ1) is 8.06. The molecule has 0 aromatic heterocycles. The van der Waals surface area contributed by atoms with Crippen LogP contribution < -0.4 is 11.1 Å². The molecule has 0 spiro atoms. The van der Waals surface area contributed by atoms with E-state index in [0.29, 0.717) is 28.8 Å². The Kier molecular flexibility index (Phi) is 3.76. The Bertz CT molecular complexity index is 439. The van der Waals surface area contributed by atoms with Crippen LogP contribution >= 0.6 is 23.2 Å². The van der Waals surface area contributed by atoms with Crippen molar-refractivity contribution in [3.8, 4) is 0 Å². The third kappa shape index (κ3) is 3.03. The summed E-state index contributed by atoms with van der Waals surface area (Å²) in [7, 11) is 0. The summed E-state index contributed by atoms with van der Waals surface area (Å²) in [5.74, 6) is 0. The number of benzene rings is 1. The number of anilines is 1. The Morgan fingerprint density at radius 1 is 1.41 bits per heavy atom. The molecule has 17 heavy (non-hydrogen) atoms. The van der Waals surface area contributed by atoms with E-state index in [1.54, 1.807) is 23.1 Å². The van der Waals surface area contributed by atoms with Gasteiger partial charge in [-0.2, -0.15) is 0 Å². The molecule has 0 unspecified atom stereocenters. The van der Waals surface area contributed by atoms with Crippen LogP contribution in [0.3, 0.4) is 0 Å². The fraction of sp³-hybridized carbons (Fsp3) is 0.364. The zero-order chi connectivity index (χ0) is 12.4. The number of rotatable bonds is 1. The molecule has 1 aromatic rings. The molecule has 1 atom stereocenters. The normalized spacial score (nSPS) is 19.5. The smallest absolute Gasteiger partial charge is 0.321 e. The van der Waals surface area contributed by atoms with Crippen molar-refractivity contribution >= 4 is 34.9 Å². The molecule has 1 heterocycles. The monoisotopic (exact) mass is 273 g/mol. The predicted molar refractivity (Wildman–Crippen MR) is 69.6 cm³/mol. The number of hydrogen-bond donors (Lipinski definition) is 2. The van der Waals surface area contributed by atoms with Gasteiger partial charge in [-0.05, 0) is 24.6 Å². The highest BCUT2D eigenvalue weighted by Crippen LogP contribution is 2.25. The lowest BCUT2D eigenvalue weighted by Crippen LogP contribution is -2.35. The van der Waals surface area contributed by atoms with Gasteiger partial charge >= 0.3 is 6.03 Å². The number of nitrogens with one attached hydrogen (secondary N) is 1. The molecule has 1 fully saturated rings. The lowest BCUT2D eigenvalue weighted by Gasteiger charge is -2.16. The summed E-state index contributed by atoms with van der Waals surface area (Å²) < 4.78 is 0. The average Bonchev–Trinajstić information content (AvgIpc) is 2.70. The van der Waals surface area contributed by atoms with E-state index < -0.39 is 0 Å². The summed E-state index contributed by atoms with van der Waals surface area (Å²) >= 11 is 11.7. The van der Waals surface area contributed by atoms with Crippen LogP contribution in [0.25, 0.3) is 0 Å². The first-order valence-corrected chi connectivity index (χ1v) is 6.08. The Balaban J connectivity index is 2.00. The summed E-state index contributed by atoms with van der Waals surface area (Å²) in [6.45, 7) is 1.28. The number of nitrogens with two attached hydrogens (primary N) is 1. The second-order valence-electron chi connectivity index (χ2n) is 4.05. The lowest BCUT2D eigenvalue weighted by molar-refractivity contribution is 0.222. The lowest BCUT2D eigenvalue weighted by atomic mass is 10.3. The van der Waals surface area contributed by atoms with E-state index >= 15 is 0 Å². The van der Waals surface area contributed by atoms with Gasteiger partial charge in [0.15, 0.2) is 0 Å². The summed E-state index contributed by atoms with van der Waals surface area (Å²) in [5, 5.41) is 3.65. The summed E-state index contributed by atoms with van der Waals surface area (Å²) in [6, 6.07) is 4.90. The molecule has 1 aliphatic heterocycles. The minimum atomic E-state index is -0.156. The van der Waals surface area contributed by atoms with Gasteiger partial charge in [-0.25, -0.2) is 4.79 Å². The molecule has 1 aliphatic rings. The topological polar surface area (TPSA) is 58.4 Å². The van der Waals surface area contributed by atoms with Crippen molar-refractivity contribution in [2.24, 2.45) is 5.73 Å². The number of carbonyl (C=O) groups excluding carboxylic acids is 1. The van der Waals surface area contributed by atoms with Crippen LogP contribution in [0.15, 0.2) is 18.2 Å². The van der Waals surface area contributed by atoms with Crippen molar-refractivity contribution < 1.29 is 4.79 Å². The van der Waals surface area contributed by atoms with Crippen LogP contribution in [0.5, 0.6) is 0 Å². The largest absolute Gasteiger partial charge is 0.326 e. The highest BCUT2D eigenvalue weighted by molar-refractivity contribution is 6.42. The quantitative estimate of drug-likeness (QED) is 0.826. The molecule has 0 aliphatic carbocycles. The fourth-order valence-electron chi connectivity index (χ4n) is 1.75. The fourth-order valence-corrected chi connectivity index (χ4v) is 2.05. The van der Waals surface area contributed by atoms with Crippen molar-refractivity contribution in [1.82, 2.24) is 4.90 Å². The molecule has 6 heteroatoms. The van der Waals surface area contributed by atoms with Crippen molar-refractivity contribution in [1.29, 1.82) is 0 Å². The van der Waals surface area contributed by atoms with Gasteiger partial charge in [-0.1, -0.05) is 23.2 Å². The second kappa shape index (κ2) is 5.12. The Hall–Kier alpha value is -0.970. The van der Waals surface area contributed by atoms with Crippen molar-refractivity contribution in [3.63, 3.8) is 0 Å². The van der Waals surface area contributed by atoms with Crippen LogP contribution in [0.4, 0.5) is 10.5 Å². The SMILES string of the molecule is N[C@H]1CCN(C(=O)Nc2ccc(Cl)c(Cl)c2)C1. The van der Waals surface area contributed by atoms with Gasteiger partial charge in [0.25, 0.3) is 0 Å². The molecule has 0 radical (unpaired) electrons. The second-order valence-corrected chi connectivity index (χ2v) is 4.87. The molecule has 0 bridgehead atoms. The highest BCUT2D eigenvalue weighted by Gasteiger charge is 2.23. The number of hydrogen-bond acceptors (Lipinski definition) is 2. The number of nitrogens with zero attached hydrogens (tertiary/aromatic N) is 1.